The molecule has 4 rings (SSSR count). The minimum absolute atomic E-state index is 0.0650. The number of halogens is 1. The van der Waals surface area contributed by atoms with Gasteiger partial charge in [0.2, 0.25) is 0 Å². The van der Waals surface area contributed by atoms with Gasteiger partial charge in [0.25, 0.3) is 0 Å². The Morgan fingerprint density at radius 3 is 2.17 bits per heavy atom. The third-order valence-electron chi connectivity index (χ3n) is 5.00. The van der Waals surface area contributed by atoms with Gasteiger partial charge in [-0.25, -0.2) is 0 Å². The van der Waals surface area contributed by atoms with Crippen LogP contribution in [0.2, 0.25) is 5.02 Å². The summed E-state index contributed by atoms with van der Waals surface area (Å²) in [6.07, 6.45) is 8.04. The molecule has 0 spiro atoms. The quantitative estimate of drug-likeness (QED) is 0.413. The molecule has 0 saturated carbocycles. The molecule has 2 aromatic heterocycles. The van der Waals surface area contributed by atoms with E-state index in [9.17, 15) is 5.26 Å². The topological polar surface area (TPSA) is 49.6 Å². The molecule has 0 aliphatic rings. The first kappa shape index (κ1) is 18.9. The molecule has 0 aliphatic heterocycles. The SMILES string of the molecule is N#Cc1cccc(-c2cccc(Cl)c2CC(c2cccnc2)c2cccnc2)c1. The highest BCUT2D eigenvalue weighted by Gasteiger charge is 2.20. The number of nitriles is 1. The highest BCUT2D eigenvalue weighted by molar-refractivity contribution is 6.31. The van der Waals surface area contributed by atoms with Crippen LogP contribution in [0.5, 0.6) is 0 Å². The molecule has 3 nitrogen and oxygen atoms in total. The van der Waals surface area contributed by atoms with Crippen molar-refractivity contribution in [1.82, 2.24) is 9.97 Å². The van der Waals surface area contributed by atoms with Crippen molar-refractivity contribution in [1.29, 1.82) is 5.26 Å². The Labute approximate surface area is 175 Å². The van der Waals surface area contributed by atoms with E-state index in [2.05, 4.69) is 34.2 Å². The molecule has 0 N–H and O–H groups in total. The van der Waals surface area contributed by atoms with E-state index in [0.29, 0.717) is 17.0 Å². The van der Waals surface area contributed by atoms with E-state index in [1.54, 1.807) is 12.4 Å². The summed E-state index contributed by atoms with van der Waals surface area (Å²) in [7, 11) is 0. The predicted molar refractivity (Wildman–Crippen MR) is 116 cm³/mol. The standard InChI is InChI=1S/C25H18ClN3/c26-25-10-2-9-22(19-6-1-5-18(13-19)15-27)24(25)14-23(20-7-3-11-28-16-20)21-8-4-12-29-17-21/h1-13,16-17,23H,14H2. The highest BCUT2D eigenvalue weighted by atomic mass is 35.5. The Morgan fingerprint density at radius 2 is 1.55 bits per heavy atom. The van der Waals surface area contributed by atoms with Crippen molar-refractivity contribution in [3.63, 3.8) is 0 Å². The van der Waals surface area contributed by atoms with Gasteiger partial charge < -0.3 is 0 Å². The second-order valence-corrected chi connectivity index (χ2v) is 7.20. The fraction of sp³-hybridized carbons (Fsp3) is 0.0800. The first-order valence-corrected chi connectivity index (χ1v) is 9.72. The second kappa shape index (κ2) is 8.68. The molecule has 0 atom stereocenters. The number of nitrogens with zero attached hydrogens (tertiary/aromatic N) is 3. The molecule has 0 radical (unpaired) electrons. The summed E-state index contributed by atoms with van der Waals surface area (Å²) in [5, 5.41) is 10.00. The van der Waals surface area contributed by atoms with E-state index in [1.807, 2.05) is 60.9 Å². The Morgan fingerprint density at radius 1 is 0.862 bits per heavy atom. The lowest BCUT2D eigenvalue weighted by molar-refractivity contribution is 0.796. The smallest absolute Gasteiger partial charge is 0.0991 e. The minimum Gasteiger partial charge on any atom is -0.264 e. The first-order valence-electron chi connectivity index (χ1n) is 9.34. The molecule has 2 aromatic carbocycles. The summed E-state index contributed by atoms with van der Waals surface area (Å²) in [6, 6.07) is 23.8. The van der Waals surface area contributed by atoms with Crippen molar-refractivity contribution < 1.29 is 0 Å². The van der Waals surface area contributed by atoms with Gasteiger partial charge in [0.1, 0.15) is 0 Å². The van der Waals surface area contributed by atoms with Gasteiger partial charge >= 0.3 is 0 Å². The average Bonchev–Trinajstić information content (AvgIpc) is 2.79. The fourth-order valence-corrected chi connectivity index (χ4v) is 3.84. The van der Waals surface area contributed by atoms with Crippen LogP contribution in [-0.4, -0.2) is 9.97 Å². The molecule has 0 bridgehead atoms. The number of hydrogen-bond donors (Lipinski definition) is 0. The molecule has 0 saturated heterocycles. The average molecular weight is 396 g/mol. The zero-order valence-electron chi connectivity index (χ0n) is 15.7. The Kier molecular flexibility index (Phi) is 5.65. The maximum absolute atomic E-state index is 9.29. The molecule has 29 heavy (non-hydrogen) atoms. The normalized spacial score (nSPS) is 10.7. The first-order chi connectivity index (χ1) is 14.3. The van der Waals surface area contributed by atoms with Crippen LogP contribution in [0, 0.1) is 11.3 Å². The summed E-state index contributed by atoms with van der Waals surface area (Å²) >= 11 is 6.68. The highest BCUT2D eigenvalue weighted by Crippen LogP contribution is 2.36. The summed E-state index contributed by atoms with van der Waals surface area (Å²) in [6.45, 7) is 0. The molecule has 0 amide bonds. The summed E-state index contributed by atoms with van der Waals surface area (Å²) < 4.78 is 0. The zero-order valence-corrected chi connectivity index (χ0v) is 16.4. The van der Waals surface area contributed by atoms with E-state index in [-0.39, 0.29) is 5.92 Å². The molecule has 0 aliphatic carbocycles. The lowest BCUT2D eigenvalue weighted by atomic mass is 9.85. The van der Waals surface area contributed by atoms with Crippen LogP contribution in [0.1, 0.15) is 28.2 Å². The van der Waals surface area contributed by atoms with Gasteiger partial charge in [-0.05, 0) is 64.6 Å². The van der Waals surface area contributed by atoms with Crippen molar-refractivity contribution in [3.05, 3.63) is 119 Å². The van der Waals surface area contributed by atoms with E-state index < -0.39 is 0 Å². The van der Waals surface area contributed by atoms with Crippen LogP contribution >= 0.6 is 11.6 Å². The minimum atomic E-state index is 0.0650. The predicted octanol–water partition coefficient (Wildman–Crippen LogP) is 6.04. The van der Waals surface area contributed by atoms with Crippen LogP contribution in [0.4, 0.5) is 0 Å². The Balaban J connectivity index is 1.82. The molecular formula is C25H18ClN3. The largest absolute Gasteiger partial charge is 0.264 e. The number of rotatable bonds is 5. The molecular weight excluding hydrogens is 378 g/mol. The molecule has 4 aromatic rings. The molecule has 4 heteroatoms. The van der Waals surface area contributed by atoms with E-state index in [1.165, 1.54) is 0 Å². The maximum Gasteiger partial charge on any atom is 0.0991 e. The molecule has 0 unspecified atom stereocenters. The van der Waals surface area contributed by atoms with Gasteiger partial charge in [-0.3, -0.25) is 9.97 Å². The number of hydrogen-bond acceptors (Lipinski definition) is 3. The lowest BCUT2D eigenvalue weighted by Crippen LogP contribution is -2.07. The monoisotopic (exact) mass is 395 g/mol. The number of pyridine rings is 2. The van der Waals surface area contributed by atoms with Crippen molar-refractivity contribution in [3.8, 4) is 17.2 Å². The van der Waals surface area contributed by atoms with Crippen LogP contribution in [-0.2, 0) is 6.42 Å². The van der Waals surface area contributed by atoms with Crippen molar-refractivity contribution in [2.24, 2.45) is 0 Å². The maximum atomic E-state index is 9.29. The van der Waals surface area contributed by atoms with Gasteiger partial charge in [0, 0.05) is 35.7 Å². The van der Waals surface area contributed by atoms with Gasteiger partial charge in [-0.15, -0.1) is 0 Å². The van der Waals surface area contributed by atoms with Crippen LogP contribution in [0.15, 0.2) is 91.5 Å². The summed E-state index contributed by atoms with van der Waals surface area (Å²) in [4.78, 5) is 8.62. The van der Waals surface area contributed by atoms with Crippen molar-refractivity contribution in [2.45, 2.75) is 12.3 Å². The lowest BCUT2D eigenvalue weighted by Gasteiger charge is -2.20. The number of aromatic nitrogens is 2. The van der Waals surface area contributed by atoms with Crippen molar-refractivity contribution in [2.75, 3.05) is 0 Å². The fourth-order valence-electron chi connectivity index (χ4n) is 3.59. The van der Waals surface area contributed by atoms with Gasteiger partial charge in [0.15, 0.2) is 0 Å². The van der Waals surface area contributed by atoms with Crippen molar-refractivity contribution >= 4 is 11.6 Å². The van der Waals surface area contributed by atoms with Gasteiger partial charge in [-0.1, -0.05) is 48.0 Å². The Hall–Kier alpha value is -3.48. The van der Waals surface area contributed by atoms with Crippen LogP contribution in [0.3, 0.4) is 0 Å². The Bertz CT molecular complexity index is 1110. The van der Waals surface area contributed by atoms with E-state index >= 15 is 0 Å². The van der Waals surface area contributed by atoms with Gasteiger partial charge in [-0.2, -0.15) is 5.26 Å². The zero-order chi connectivity index (χ0) is 20.1. The van der Waals surface area contributed by atoms with Crippen LogP contribution < -0.4 is 0 Å². The number of benzene rings is 2. The van der Waals surface area contributed by atoms with E-state index in [0.717, 1.165) is 27.8 Å². The van der Waals surface area contributed by atoms with E-state index in [4.69, 9.17) is 11.6 Å². The van der Waals surface area contributed by atoms with Gasteiger partial charge in [0.05, 0.1) is 11.6 Å². The molecule has 2 heterocycles. The third kappa shape index (κ3) is 4.18. The third-order valence-corrected chi connectivity index (χ3v) is 5.36. The van der Waals surface area contributed by atoms with Crippen LogP contribution in [0.25, 0.3) is 11.1 Å². The second-order valence-electron chi connectivity index (χ2n) is 6.79. The summed E-state index contributed by atoms with van der Waals surface area (Å²) in [5.74, 6) is 0.0650. The molecule has 140 valence electrons. The molecule has 0 fully saturated rings. The summed E-state index contributed by atoms with van der Waals surface area (Å²) in [5.41, 5.74) is 5.91.